The van der Waals surface area contributed by atoms with Gasteiger partial charge in [0.05, 0.1) is 18.1 Å². The van der Waals surface area contributed by atoms with Crippen LogP contribution in [0.3, 0.4) is 0 Å². The minimum absolute atomic E-state index is 0.0212. The highest BCUT2D eigenvalue weighted by Crippen LogP contribution is 2.23. The van der Waals surface area contributed by atoms with Crippen LogP contribution >= 0.6 is 0 Å². The third kappa shape index (κ3) is 2.89. The Balaban J connectivity index is 1.88. The molecule has 3 aromatic heterocycles. The van der Waals surface area contributed by atoms with Crippen molar-refractivity contribution >= 4 is 17.0 Å². The van der Waals surface area contributed by atoms with E-state index in [0.717, 1.165) is 11.4 Å². The molecule has 0 bridgehead atoms. The Bertz CT molecular complexity index is 797. The zero-order chi connectivity index (χ0) is 16.6. The van der Waals surface area contributed by atoms with Crippen molar-refractivity contribution in [1.82, 2.24) is 35.5 Å². The highest BCUT2D eigenvalue weighted by atomic mass is 15.1. The van der Waals surface area contributed by atoms with Gasteiger partial charge in [-0.1, -0.05) is 13.8 Å². The molecule has 0 fully saturated rings. The Morgan fingerprint density at radius 2 is 2.04 bits per heavy atom. The monoisotopic (exact) mass is 314 g/mol. The number of imidazole rings is 1. The molecule has 3 rings (SSSR count). The summed E-state index contributed by atoms with van der Waals surface area (Å²) in [6, 6.07) is -0.0212. The molecule has 23 heavy (non-hydrogen) atoms. The van der Waals surface area contributed by atoms with E-state index in [4.69, 9.17) is 5.73 Å². The first kappa shape index (κ1) is 15.4. The maximum atomic E-state index is 6.01. The molecule has 0 spiro atoms. The lowest BCUT2D eigenvalue weighted by Gasteiger charge is -2.21. The highest BCUT2D eigenvalue weighted by Gasteiger charge is 2.21. The van der Waals surface area contributed by atoms with Crippen molar-refractivity contribution in [2.75, 3.05) is 5.73 Å². The summed E-state index contributed by atoms with van der Waals surface area (Å²) < 4.78 is 0. The lowest BCUT2D eigenvalue weighted by atomic mass is 10.0. The van der Waals surface area contributed by atoms with Crippen molar-refractivity contribution < 1.29 is 0 Å². The summed E-state index contributed by atoms with van der Waals surface area (Å²) in [4.78, 5) is 16.1. The summed E-state index contributed by atoms with van der Waals surface area (Å²) in [5.74, 6) is 1.39. The minimum atomic E-state index is -0.0212. The molecule has 122 valence electrons. The molecule has 8 nitrogen and oxygen atoms in total. The molecule has 1 atom stereocenters. The fraction of sp³-hybridized carbons (Fsp3) is 0.467. The summed E-state index contributed by atoms with van der Waals surface area (Å²) in [7, 11) is 0. The number of nitrogens with two attached hydrogens (primary N) is 1. The van der Waals surface area contributed by atoms with Crippen molar-refractivity contribution in [3.63, 3.8) is 0 Å². The molecule has 0 aromatic carbocycles. The number of hydrogen-bond acceptors (Lipinski definition) is 6. The number of aromatic nitrogens is 6. The van der Waals surface area contributed by atoms with Crippen LogP contribution in [0.1, 0.15) is 42.7 Å². The molecule has 0 amide bonds. The van der Waals surface area contributed by atoms with E-state index in [1.165, 1.54) is 5.56 Å². The third-order valence-corrected chi connectivity index (χ3v) is 4.06. The molecule has 3 aromatic rings. The molecule has 0 saturated heterocycles. The number of rotatable bonds is 5. The van der Waals surface area contributed by atoms with Crippen molar-refractivity contribution in [3.05, 3.63) is 29.1 Å². The fourth-order valence-electron chi connectivity index (χ4n) is 2.68. The van der Waals surface area contributed by atoms with Gasteiger partial charge in [-0.2, -0.15) is 5.10 Å². The van der Waals surface area contributed by atoms with Gasteiger partial charge in [0, 0.05) is 17.8 Å². The fourth-order valence-corrected chi connectivity index (χ4v) is 2.68. The second-order valence-corrected chi connectivity index (χ2v) is 6.08. The molecular weight excluding hydrogens is 292 g/mol. The number of anilines is 1. The molecule has 0 aliphatic heterocycles. The van der Waals surface area contributed by atoms with Crippen LogP contribution in [0.2, 0.25) is 0 Å². The lowest BCUT2D eigenvalue weighted by Crippen LogP contribution is -2.28. The van der Waals surface area contributed by atoms with E-state index in [0.29, 0.717) is 35.3 Å². The molecule has 8 heteroatoms. The Kier molecular flexibility index (Phi) is 3.99. The summed E-state index contributed by atoms with van der Waals surface area (Å²) in [5, 5.41) is 10.8. The van der Waals surface area contributed by atoms with Crippen LogP contribution in [-0.4, -0.2) is 30.1 Å². The van der Waals surface area contributed by atoms with Crippen LogP contribution in [-0.2, 0) is 6.54 Å². The molecular formula is C15H22N8. The first-order chi connectivity index (χ1) is 11.0. The smallest absolute Gasteiger partial charge is 0.183 e. The van der Waals surface area contributed by atoms with Gasteiger partial charge >= 0.3 is 0 Å². The number of aromatic amines is 2. The van der Waals surface area contributed by atoms with E-state index in [-0.39, 0.29) is 6.04 Å². The van der Waals surface area contributed by atoms with Gasteiger partial charge in [0.15, 0.2) is 17.3 Å². The average Bonchev–Trinajstić information content (AvgIpc) is 3.08. The minimum Gasteiger partial charge on any atom is -0.382 e. The zero-order valence-corrected chi connectivity index (χ0v) is 13.8. The summed E-state index contributed by atoms with van der Waals surface area (Å²) in [6.07, 6.45) is 1.58. The van der Waals surface area contributed by atoms with Gasteiger partial charge in [0.2, 0.25) is 0 Å². The highest BCUT2D eigenvalue weighted by molar-refractivity contribution is 5.80. The molecule has 0 aliphatic carbocycles. The van der Waals surface area contributed by atoms with Crippen LogP contribution in [0, 0.1) is 19.8 Å². The van der Waals surface area contributed by atoms with E-state index in [1.807, 2.05) is 13.8 Å². The number of aryl methyl sites for hydroxylation is 2. The number of hydrogen-bond donors (Lipinski definition) is 4. The molecule has 5 N–H and O–H groups in total. The predicted molar refractivity (Wildman–Crippen MR) is 88.6 cm³/mol. The third-order valence-electron chi connectivity index (χ3n) is 4.06. The molecule has 0 saturated carbocycles. The van der Waals surface area contributed by atoms with Gasteiger partial charge in [-0.15, -0.1) is 0 Å². The number of nitrogens with one attached hydrogen (secondary N) is 3. The topological polar surface area (TPSA) is 121 Å². The Morgan fingerprint density at radius 1 is 1.26 bits per heavy atom. The van der Waals surface area contributed by atoms with Crippen LogP contribution < -0.4 is 11.1 Å². The van der Waals surface area contributed by atoms with Gasteiger partial charge in [-0.3, -0.25) is 5.10 Å². The predicted octanol–water partition coefficient (Wildman–Crippen LogP) is 1.76. The lowest BCUT2D eigenvalue weighted by molar-refractivity contribution is 0.393. The summed E-state index contributed by atoms with van der Waals surface area (Å²) in [5.41, 5.74) is 10.5. The SMILES string of the molecule is Cc1n[nH]c(C)c1CNC(c1nc(N)c2[nH]cnc2n1)C(C)C. The average molecular weight is 314 g/mol. The second kappa shape index (κ2) is 5.96. The summed E-state index contributed by atoms with van der Waals surface area (Å²) >= 11 is 0. The standard InChI is InChI=1S/C15H22N8/c1-7(2)11(17-5-10-8(3)22-23-9(10)4)15-20-13(16)12-14(21-15)19-6-18-12/h6-7,11,17H,5H2,1-4H3,(H,22,23)(H3,16,18,19,20,21). The Hall–Kier alpha value is -2.48. The zero-order valence-electron chi connectivity index (χ0n) is 13.8. The van der Waals surface area contributed by atoms with Crippen LogP contribution in [0.5, 0.6) is 0 Å². The first-order valence-electron chi connectivity index (χ1n) is 7.67. The Labute approximate surface area is 134 Å². The number of fused-ring (bicyclic) bond motifs is 1. The van der Waals surface area contributed by atoms with Crippen molar-refractivity contribution in [1.29, 1.82) is 0 Å². The maximum absolute atomic E-state index is 6.01. The quantitative estimate of drug-likeness (QED) is 0.569. The maximum Gasteiger partial charge on any atom is 0.183 e. The number of nitrogen functional groups attached to an aromatic ring is 1. The van der Waals surface area contributed by atoms with Crippen molar-refractivity contribution in [2.24, 2.45) is 5.92 Å². The first-order valence-corrected chi connectivity index (χ1v) is 7.67. The van der Waals surface area contributed by atoms with Crippen molar-refractivity contribution in [3.8, 4) is 0 Å². The van der Waals surface area contributed by atoms with Gasteiger partial charge in [-0.05, 0) is 19.8 Å². The molecule has 1 unspecified atom stereocenters. The van der Waals surface area contributed by atoms with E-state index in [9.17, 15) is 0 Å². The van der Waals surface area contributed by atoms with Gasteiger partial charge in [0.25, 0.3) is 0 Å². The number of nitrogens with zero attached hydrogens (tertiary/aromatic N) is 4. The molecule has 3 heterocycles. The Morgan fingerprint density at radius 3 is 2.70 bits per heavy atom. The van der Waals surface area contributed by atoms with Crippen LogP contribution in [0.4, 0.5) is 5.82 Å². The largest absolute Gasteiger partial charge is 0.382 e. The van der Waals surface area contributed by atoms with E-state index < -0.39 is 0 Å². The second-order valence-electron chi connectivity index (χ2n) is 6.08. The van der Waals surface area contributed by atoms with E-state index in [1.54, 1.807) is 6.33 Å². The van der Waals surface area contributed by atoms with E-state index >= 15 is 0 Å². The molecule has 0 aliphatic rings. The van der Waals surface area contributed by atoms with Crippen LogP contribution in [0.25, 0.3) is 11.2 Å². The van der Waals surface area contributed by atoms with Crippen LogP contribution in [0.15, 0.2) is 6.33 Å². The van der Waals surface area contributed by atoms with Gasteiger partial charge < -0.3 is 16.0 Å². The van der Waals surface area contributed by atoms with Gasteiger partial charge in [-0.25, -0.2) is 15.0 Å². The molecule has 0 radical (unpaired) electrons. The van der Waals surface area contributed by atoms with Crippen molar-refractivity contribution in [2.45, 2.75) is 40.3 Å². The van der Waals surface area contributed by atoms with Gasteiger partial charge in [0.1, 0.15) is 5.52 Å². The normalized spacial score (nSPS) is 13.1. The van der Waals surface area contributed by atoms with E-state index in [2.05, 4.69) is 49.3 Å². The summed E-state index contributed by atoms with van der Waals surface area (Å²) in [6.45, 7) is 8.96. The number of H-pyrrole nitrogens is 2.